The predicted octanol–water partition coefficient (Wildman–Crippen LogP) is 5.91. The third-order valence-corrected chi connectivity index (χ3v) is 6.49. The van der Waals surface area contributed by atoms with Crippen LogP contribution in [0.2, 0.25) is 0 Å². The Kier molecular flexibility index (Phi) is 6.36. The summed E-state index contributed by atoms with van der Waals surface area (Å²) in [6, 6.07) is 0. The molecule has 1 aliphatic rings. The molecule has 21 heavy (non-hydrogen) atoms. The lowest BCUT2D eigenvalue weighted by Crippen LogP contribution is -2.43. The fraction of sp³-hybridized carbons (Fsp3) is 1.00. The molecule has 1 saturated carbocycles. The van der Waals surface area contributed by atoms with Crippen molar-refractivity contribution >= 4 is 0 Å². The quantitative estimate of drug-likeness (QED) is 0.619. The summed E-state index contributed by atoms with van der Waals surface area (Å²) in [6.07, 6.45) is 5.83. The van der Waals surface area contributed by atoms with Crippen LogP contribution in [-0.4, -0.2) is 10.7 Å². The van der Waals surface area contributed by atoms with E-state index in [1.165, 1.54) is 19.3 Å². The summed E-state index contributed by atoms with van der Waals surface area (Å²) in [7, 11) is 0. The molecular formula is C20H40O. The minimum atomic E-state index is -0.490. The standard InChI is InChI=1S/C20H40O/c1-14(2)10-9-12-20(8,21)17-11-13-19(7,16(5)6)18(17)15(3)4/h14-18,21H,9-13H2,1-8H3/t17-,18-,19+,20?/m0/s1. The Hall–Kier alpha value is -0.0400. The Labute approximate surface area is 133 Å². The normalized spacial score (nSPS) is 33.1. The molecule has 0 bridgehead atoms. The second kappa shape index (κ2) is 7.02. The molecule has 0 amide bonds. The average molecular weight is 297 g/mol. The predicted molar refractivity (Wildman–Crippen MR) is 93.3 cm³/mol. The van der Waals surface area contributed by atoms with E-state index in [9.17, 15) is 5.11 Å². The Bertz CT molecular complexity index is 316. The first kappa shape index (κ1) is 19.0. The molecule has 0 saturated heterocycles. The molecule has 1 rings (SSSR count). The lowest BCUT2D eigenvalue weighted by atomic mass is 9.62. The maximum absolute atomic E-state index is 11.2. The van der Waals surface area contributed by atoms with E-state index in [-0.39, 0.29) is 0 Å². The van der Waals surface area contributed by atoms with Crippen molar-refractivity contribution in [3.8, 4) is 0 Å². The molecule has 0 aliphatic heterocycles. The molecule has 0 heterocycles. The van der Waals surface area contributed by atoms with Crippen LogP contribution in [-0.2, 0) is 0 Å². The Morgan fingerprint density at radius 1 is 1.14 bits per heavy atom. The zero-order valence-electron chi connectivity index (χ0n) is 15.9. The first-order valence-electron chi connectivity index (χ1n) is 9.24. The van der Waals surface area contributed by atoms with Crippen LogP contribution in [0.3, 0.4) is 0 Å². The van der Waals surface area contributed by atoms with E-state index in [0.717, 1.165) is 18.8 Å². The van der Waals surface area contributed by atoms with Crippen molar-refractivity contribution in [1.82, 2.24) is 0 Å². The van der Waals surface area contributed by atoms with Crippen molar-refractivity contribution in [1.29, 1.82) is 0 Å². The van der Waals surface area contributed by atoms with Gasteiger partial charge >= 0.3 is 0 Å². The highest BCUT2D eigenvalue weighted by atomic mass is 16.3. The van der Waals surface area contributed by atoms with Crippen LogP contribution in [0.4, 0.5) is 0 Å². The summed E-state index contributed by atoms with van der Waals surface area (Å²) in [6.45, 7) is 18.6. The van der Waals surface area contributed by atoms with E-state index in [4.69, 9.17) is 0 Å². The van der Waals surface area contributed by atoms with Gasteiger partial charge in [0.05, 0.1) is 5.60 Å². The van der Waals surface area contributed by atoms with Crippen molar-refractivity contribution < 1.29 is 5.11 Å². The van der Waals surface area contributed by atoms with Crippen molar-refractivity contribution in [3.63, 3.8) is 0 Å². The molecule has 1 unspecified atom stereocenters. The van der Waals surface area contributed by atoms with E-state index >= 15 is 0 Å². The van der Waals surface area contributed by atoms with Crippen LogP contribution >= 0.6 is 0 Å². The van der Waals surface area contributed by atoms with Crippen LogP contribution in [0.5, 0.6) is 0 Å². The summed E-state index contributed by atoms with van der Waals surface area (Å²) in [5, 5.41) is 11.2. The Balaban J connectivity index is 2.85. The SMILES string of the molecule is CC(C)CCCC(C)(O)[C@H]1CC[C@](C)(C(C)C)[C@H]1C(C)C. The molecule has 1 nitrogen and oxygen atoms in total. The second-order valence-corrected chi connectivity index (χ2v) is 9.22. The average Bonchev–Trinajstić information content (AvgIpc) is 2.68. The van der Waals surface area contributed by atoms with Crippen molar-refractivity contribution in [3.05, 3.63) is 0 Å². The van der Waals surface area contributed by atoms with Crippen LogP contribution in [0.1, 0.15) is 87.5 Å². The van der Waals surface area contributed by atoms with Gasteiger partial charge in [0.15, 0.2) is 0 Å². The van der Waals surface area contributed by atoms with Crippen molar-refractivity contribution in [2.75, 3.05) is 0 Å². The van der Waals surface area contributed by atoms with E-state index in [1.807, 2.05) is 0 Å². The van der Waals surface area contributed by atoms with E-state index < -0.39 is 5.60 Å². The topological polar surface area (TPSA) is 20.2 Å². The number of rotatable bonds is 7. The van der Waals surface area contributed by atoms with Gasteiger partial charge in [-0.3, -0.25) is 0 Å². The summed E-state index contributed by atoms with van der Waals surface area (Å²) >= 11 is 0. The first-order chi connectivity index (χ1) is 9.52. The van der Waals surface area contributed by atoms with Gasteiger partial charge in [-0.1, -0.05) is 61.3 Å². The molecule has 1 heteroatoms. The van der Waals surface area contributed by atoms with Crippen molar-refractivity contribution in [2.45, 2.75) is 93.1 Å². The molecule has 126 valence electrons. The fourth-order valence-electron chi connectivity index (χ4n) is 4.92. The van der Waals surface area contributed by atoms with Gasteiger partial charge in [0.2, 0.25) is 0 Å². The van der Waals surface area contributed by atoms with Gasteiger partial charge in [0, 0.05) is 0 Å². The second-order valence-electron chi connectivity index (χ2n) is 9.22. The van der Waals surface area contributed by atoms with Gasteiger partial charge < -0.3 is 5.11 Å². The number of hydrogen-bond acceptors (Lipinski definition) is 1. The summed E-state index contributed by atoms with van der Waals surface area (Å²) in [4.78, 5) is 0. The molecule has 1 N–H and O–H groups in total. The summed E-state index contributed by atoms with van der Waals surface area (Å²) in [5.74, 6) is 3.21. The van der Waals surface area contributed by atoms with E-state index in [2.05, 4.69) is 55.4 Å². The first-order valence-corrected chi connectivity index (χ1v) is 9.24. The lowest BCUT2D eigenvalue weighted by molar-refractivity contribution is -0.0562. The van der Waals surface area contributed by atoms with Crippen LogP contribution in [0, 0.1) is 35.0 Å². The third-order valence-electron chi connectivity index (χ3n) is 6.49. The largest absolute Gasteiger partial charge is 0.390 e. The Morgan fingerprint density at radius 2 is 1.71 bits per heavy atom. The van der Waals surface area contributed by atoms with Gasteiger partial charge in [0.25, 0.3) is 0 Å². The summed E-state index contributed by atoms with van der Waals surface area (Å²) in [5.41, 5.74) is -0.0999. The maximum Gasteiger partial charge on any atom is 0.0650 e. The van der Waals surface area contributed by atoms with Crippen LogP contribution in [0.15, 0.2) is 0 Å². The van der Waals surface area contributed by atoms with Gasteiger partial charge in [-0.2, -0.15) is 0 Å². The highest BCUT2D eigenvalue weighted by Crippen LogP contribution is 2.57. The van der Waals surface area contributed by atoms with Gasteiger partial charge in [0.1, 0.15) is 0 Å². The van der Waals surface area contributed by atoms with Gasteiger partial charge in [-0.25, -0.2) is 0 Å². The number of hydrogen-bond donors (Lipinski definition) is 1. The molecular weight excluding hydrogens is 256 g/mol. The zero-order chi connectivity index (χ0) is 16.4. The smallest absolute Gasteiger partial charge is 0.0650 e. The van der Waals surface area contributed by atoms with E-state index in [0.29, 0.717) is 29.1 Å². The lowest BCUT2D eigenvalue weighted by Gasteiger charge is -2.44. The molecule has 4 atom stereocenters. The Morgan fingerprint density at radius 3 is 2.14 bits per heavy atom. The number of aliphatic hydroxyl groups is 1. The molecule has 1 fully saturated rings. The fourth-order valence-corrected chi connectivity index (χ4v) is 4.92. The third kappa shape index (κ3) is 4.24. The monoisotopic (exact) mass is 296 g/mol. The van der Waals surface area contributed by atoms with E-state index in [1.54, 1.807) is 0 Å². The van der Waals surface area contributed by atoms with Gasteiger partial charge in [-0.15, -0.1) is 0 Å². The molecule has 0 aromatic rings. The van der Waals surface area contributed by atoms with Gasteiger partial charge in [-0.05, 0) is 61.2 Å². The molecule has 0 aromatic heterocycles. The molecule has 0 spiro atoms. The zero-order valence-corrected chi connectivity index (χ0v) is 15.9. The molecule has 0 radical (unpaired) electrons. The van der Waals surface area contributed by atoms with Crippen LogP contribution < -0.4 is 0 Å². The maximum atomic E-state index is 11.2. The minimum absolute atomic E-state index is 0.390. The molecule has 0 aromatic carbocycles. The van der Waals surface area contributed by atoms with Crippen molar-refractivity contribution in [2.24, 2.45) is 35.0 Å². The minimum Gasteiger partial charge on any atom is -0.390 e. The highest BCUT2D eigenvalue weighted by molar-refractivity contribution is 5.02. The summed E-state index contributed by atoms with van der Waals surface area (Å²) < 4.78 is 0. The molecule has 1 aliphatic carbocycles. The highest BCUT2D eigenvalue weighted by Gasteiger charge is 2.53. The van der Waals surface area contributed by atoms with Crippen LogP contribution in [0.25, 0.3) is 0 Å².